The van der Waals surface area contributed by atoms with Crippen molar-refractivity contribution in [2.45, 2.75) is 5.75 Å². The van der Waals surface area contributed by atoms with E-state index in [4.69, 9.17) is 4.52 Å². The van der Waals surface area contributed by atoms with Crippen LogP contribution >= 0.6 is 11.8 Å². The zero-order valence-electron chi connectivity index (χ0n) is 10.7. The molecule has 20 heavy (non-hydrogen) atoms. The van der Waals surface area contributed by atoms with Gasteiger partial charge in [-0.15, -0.1) is 0 Å². The summed E-state index contributed by atoms with van der Waals surface area (Å²) >= 11 is 1.59. The summed E-state index contributed by atoms with van der Waals surface area (Å²) in [5.74, 6) is 1.48. The number of hydrogen-bond acceptors (Lipinski definition) is 5. The van der Waals surface area contributed by atoms with Crippen molar-refractivity contribution in [2.24, 2.45) is 0 Å². The highest BCUT2D eigenvalue weighted by Crippen LogP contribution is 2.15. The first kappa shape index (κ1) is 12.7. The van der Waals surface area contributed by atoms with Gasteiger partial charge in [0.15, 0.2) is 5.82 Å². The van der Waals surface area contributed by atoms with E-state index in [1.54, 1.807) is 18.0 Å². The molecule has 0 fully saturated rings. The summed E-state index contributed by atoms with van der Waals surface area (Å²) in [5.41, 5.74) is 0.914. The number of nitrogens with zero attached hydrogens (tertiary/aromatic N) is 3. The van der Waals surface area contributed by atoms with Gasteiger partial charge in [-0.25, -0.2) is 4.68 Å². The third kappa shape index (κ3) is 2.27. The van der Waals surface area contributed by atoms with Crippen LogP contribution in [0.5, 0.6) is 0 Å². The Hall–Kier alpha value is -2.28. The fraction of sp³-hybridized carbons (Fsp3) is 0.154. The number of rotatable bonds is 4. The van der Waals surface area contributed by atoms with Crippen LogP contribution in [0.4, 0.5) is 0 Å². The third-order valence-corrected chi connectivity index (χ3v) is 3.30. The molecule has 3 rings (SSSR count). The smallest absolute Gasteiger partial charge is 0.284 e. The van der Waals surface area contributed by atoms with Gasteiger partial charge in [-0.1, -0.05) is 23.4 Å². The van der Waals surface area contributed by atoms with Crippen molar-refractivity contribution in [3.05, 3.63) is 52.7 Å². The Morgan fingerprint density at radius 2 is 2.15 bits per heavy atom. The van der Waals surface area contributed by atoms with Crippen molar-refractivity contribution in [1.29, 1.82) is 0 Å². The van der Waals surface area contributed by atoms with Crippen molar-refractivity contribution in [1.82, 2.24) is 19.9 Å². The van der Waals surface area contributed by atoms with Crippen molar-refractivity contribution >= 4 is 11.8 Å². The molecule has 0 atom stereocenters. The fourth-order valence-electron chi connectivity index (χ4n) is 1.84. The summed E-state index contributed by atoms with van der Waals surface area (Å²) in [6.45, 7) is 0. The highest BCUT2D eigenvalue weighted by Gasteiger charge is 2.16. The fourth-order valence-corrected chi connectivity index (χ4v) is 2.22. The number of hydrogen-bond donors (Lipinski definition) is 1. The molecular formula is C13H12N4O2S. The Morgan fingerprint density at radius 1 is 1.35 bits per heavy atom. The van der Waals surface area contributed by atoms with Gasteiger partial charge in [0.2, 0.25) is 0 Å². The van der Waals surface area contributed by atoms with Crippen molar-refractivity contribution in [3.63, 3.8) is 0 Å². The van der Waals surface area contributed by atoms with Gasteiger partial charge in [0.25, 0.3) is 11.4 Å². The Balaban J connectivity index is 2.00. The SMILES string of the molecule is CSCc1noc(-c2c[nH]n(-c3ccccc3)c2=O)n1. The average Bonchev–Trinajstić information content (AvgIpc) is 3.07. The molecule has 1 aromatic carbocycles. The van der Waals surface area contributed by atoms with E-state index in [9.17, 15) is 4.79 Å². The Morgan fingerprint density at radius 3 is 2.90 bits per heavy atom. The summed E-state index contributed by atoms with van der Waals surface area (Å²) < 4.78 is 6.56. The molecule has 0 unspecified atom stereocenters. The second kappa shape index (κ2) is 5.38. The molecule has 2 heterocycles. The van der Waals surface area contributed by atoms with Gasteiger partial charge in [-0.3, -0.25) is 9.89 Å². The van der Waals surface area contributed by atoms with Crippen molar-refractivity contribution in [3.8, 4) is 17.1 Å². The first-order valence-electron chi connectivity index (χ1n) is 5.97. The minimum atomic E-state index is -0.212. The minimum absolute atomic E-state index is 0.212. The number of nitrogens with one attached hydrogen (secondary N) is 1. The maximum absolute atomic E-state index is 12.3. The van der Waals surface area contributed by atoms with Gasteiger partial charge in [0.05, 0.1) is 11.4 Å². The molecule has 1 N–H and O–H groups in total. The molecular weight excluding hydrogens is 276 g/mol. The highest BCUT2D eigenvalue weighted by atomic mass is 32.2. The van der Waals surface area contributed by atoms with Crippen LogP contribution < -0.4 is 5.56 Å². The maximum atomic E-state index is 12.3. The molecule has 0 saturated carbocycles. The Bertz CT molecular complexity index is 760. The van der Waals surface area contributed by atoms with Crippen molar-refractivity contribution in [2.75, 3.05) is 6.26 Å². The molecule has 0 radical (unpaired) electrons. The first-order valence-corrected chi connectivity index (χ1v) is 7.36. The second-order valence-electron chi connectivity index (χ2n) is 4.11. The number of aromatic amines is 1. The van der Waals surface area contributed by atoms with Crippen LogP contribution in [-0.2, 0) is 5.75 Å². The molecule has 7 heteroatoms. The van der Waals surface area contributed by atoms with E-state index in [-0.39, 0.29) is 11.4 Å². The van der Waals surface area contributed by atoms with E-state index >= 15 is 0 Å². The standard InChI is InChI=1S/C13H12N4O2S/c1-20-8-11-15-12(19-16-11)10-7-14-17(13(10)18)9-5-3-2-4-6-9/h2-7,14H,8H2,1H3. The van der Waals surface area contributed by atoms with Crippen LogP contribution in [-0.4, -0.2) is 26.2 Å². The molecule has 0 spiro atoms. The zero-order valence-corrected chi connectivity index (χ0v) is 11.6. The van der Waals surface area contributed by atoms with E-state index in [1.165, 1.54) is 4.68 Å². The summed E-state index contributed by atoms with van der Waals surface area (Å²) in [6.07, 6.45) is 3.53. The van der Waals surface area contributed by atoms with Crippen LogP contribution in [0.25, 0.3) is 17.1 Å². The topological polar surface area (TPSA) is 76.7 Å². The summed E-state index contributed by atoms with van der Waals surface area (Å²) in [5, 5.41) is 6.74. The lowest BCUT2D eigenvalue weighted by Crippen LogP contribution is -2.15. The number of thioether (sulfide) groups is 1. The highest BCUT2D eigenvalue weighted by molar-refractivity contribution is 7.97. The molecule has 0 aliphatic carbocycles. The lowest BCUT2D eigenvalue weighted by atomic mass is 10.3. The van der Waals surface area contributed by atoms with Crippen molar-refractivity contribution < 1.29 is 4.52 Å². The molecule has 6 nitrogen and oxygen atoms in total. The first-order chi connectivity index (χ1) is 9.79. The van der Waals surface area contributed by atoms with Gasteiger partial charge in [-0.05, 0) is 18.4 Å². The summed E-state index contributed by atoms with van der Waals surface area (Å²) in [7, 11) is 0. The lowest BCUT2D eigenvalue weighted by Gasteiger charge is -1.98. The van der Waals surface area contributed by atoms with Gasteiger partial charge < -0.3 is 4.52 Å². The quantitative estimate of drug-likeness (QED) is 0.795. The molecule has 0 bridgehead atoms. The lowest BCUT2D eigenvalue weighted by molar-refractivity contribution is 0.425. The predicted octanol–water partition coefficient (Wildman–Crippen LogP) is 2.08. The summed E-state index contributed by atoms with van der Waals surface area (Å²) in [4.78, 5) is 16.5. The number of H-pyrrole nitrogens is 1. The largest absolute Gasteiger partial charge is 0.334 e. The van der Waals surface area contributed by atoms with Gasteiger partial charge >= 0.3 is 0 Å². The normalized spacial score (nSPS) is 10.8. The third-order valence-electron chi connectivity index (χ3n) is 2.76. The molecule has 2 aromatic heterocycles. The maximum Gasteiger partial charge on any atom is 0.284 e. The minimum Gasteiger partial charge on any atom is -0.334 e. The number of para-hydroxylation sites is 1. The van der Waals surface area contributed by atoms with Gasteiger partial charge in [0.1, 0.15) is 5.56 Å². The van der Waals surface area contributed by atoms with E-state index < -0.39 is 0 Å². The van der Waals surface area contributed by atoms with Crippen LogP contribution in [0.2, 0.25) is 0 Å². The van der Waals surface area contributed by atoms with E-state index in [1.807, 2.05) is 36.6 Å². The monoisotopic (exact) mass is 288 g/mol. The zero-order chi connectivity index (χ0) is 13.9. The Kier molecular flexibility index (Phi) is 3.42. The number of aromatic nitrogens is 4. The molecule has 0 saturated heterocycles. The molecule has 0 aliphatic rings. The molecule has 102 valence electrons. The van der Waals surface area contributed by atoms with E-state index in [2.05, 4.69) is 15.2 Å². The van der Waals surface area contributed by atoms with E-state index in [0.717, 1.165) is 5.69 Å². The van der Waals surface area contributed by atoms with E-state index in [0.29, 0.717) is 17.1 Å². The average molecular weight is 288 g/mol. The summed E-state index contributed by atoms with van der Waals surface area (Å²) in [6, 6.07) is 9.31. The number of benzene rings is 1. The molecule has 0 aliphatic heterocycles. The van der Waals surface area contributed by atoms with Gasteiger partial charge in [-0.2, -0.15) is 16.7 Å². The van der Waals surface area contributed by atoms with Gasteiger partial charge in [0, 0.05) is 6.20 Å². The second-order valence-corrected chi connectivity index (χ2v) is 4.98. The predicted molar refractivity (Wildman–Crippen MR) is 76.9 cm³/mol. The van der Waals surface area contributed by atoms with Crippen LogP contribution in [0.1, 0.15) is 5.82 Å². The van der Waals surface area contributed by atoms with Crippen LogP contribution in [0.3, 0.4) is 0 Å². The Labute approximate surface area is 118 Å². The molecule has 3 aromatic rings. The van der Waals surface area contributed by atoms with Crippen LogP contribution in [0, 0.1) is 0 Å². The molecule has 0 amide bonds. The van der Waals surface area contributed by atoms with Crippen LogP contribution in [0.15, 0.2) is 45.8 Å².